The number of halogens is 3. The molecule has 1 aromatic carbocycles. The van der Waals surface area contributed by atoms with E-state index in [0.717, 1.165) is 25.0 Å². The van der Waals surface area contributed by atoms with E-state index in [-0.39, 0.29) is 24.0 Å². The van der Waals surface area contributed by atoms with Gasteiger partial charge in [0.25, 0.3) is 0 Å². The molecule has 0 bridgehead atoms. The van der Waals surface area contributed by atoms with Crippen molar-refractivity contribution in [2.24, 2.45) is 5.41 Å². The lowest BCUT2D eigenvalue weighted by molar-refractivity contribution is -0.137. The van der Waals surface area contributed by atoms with E-state index in [0.29, 0.717) is 25.1 Å². The summed E-state index contributed by atoms with van der Waals surface area (Å²) < 4.78 is 38.2. The van der Waals surface area contributed by atoms with Crippen LogP contribution in [0, 0.1) is 5.41 Å². The third-order valence-corrected chi connectivity index (χ3v) is 4.56. The summed E-state index contributed by atoms with van der Waals surface area (Å²) in [6.45, 7) is 2.72. The molecular weight excluding hydrogens is 321 g/mol. The molecule has 1 aliphatic rings. The third-order valence-electron chi connectivity index (χ3n) is 4.56. The first-order valence-corrected chi connectivity index (χ1v) is 8.05. The van der Waals surface area contributed by atoms with E-state index < -0.39 is 11.7 Å². The zero-order chi connectivity index (χ0) is 17.8. The topological polar surface area (TPSA) is 61.4 Å². The summed E-state index contributed by atoms with van der Waals surface area (Å²) in [6.07, 6.45) is -1.98. The summed E-state index contributed by atoms with van der Waals surface area (Å²) in [5.74, 6) is -0.0974. The summed E-state index contributed by atoms with van der Waals surface area (Å²) in [4.78, 5) is 11.7. The van der Waals surface area contributed by atoms with Crippen LogP contribution in [0.5, 0.6) is 0 Å². The SMILES string of the molecule is CC(CCNC(=O)NCC1(CO)CC1)c1cccc(C(F)(F)F)c1. The second-order valence-corrected chi connectivity index (χ2v) is 6.58. The van der Waals surface area contributed by atoms with Gasteiger partial charge in [0.15, 0.2) is 0 Å². The van der Waals surface area contributed by atoms with Crippen LogP contribution in [-0.4, -0.2) is 30.8 Å². The maximum atomic E-state index is 12.7. The molecule has 2 rings (SSSR count). The largest absolute Gasteiger partial charge is 0.416 e. The van der Waals surface area contributed by atoms with Gasteiger partial charge < -0.3 is 15.7 Å². The number of benzene rings is 1. The molecule has 4 nitrogen and oxygen atoms in total. The molecule has 1 aliphatic carbocycles. The number of hydrogen-bond donors (Lipinski definition) is 3. The van der Waals surface area contributed by atoms with E-state index >= 15 is 0 Å². The van der Waals surface area contributed by atoms with Crippen molar-refractivity contribution in [2.75, 3.05) is 19.7 Å². The fourth-order valence-electron chi connectivity index (χ4n) is 2.49. The van der Waals surface area contributed by atoms with Gasteiger partial charge >= 0.3 is 12.2 Å². The summed E-state index contributed by atoms with van der Waals surface area (Å²) in [6, 6.07) is 4.96. The summed E-state index contributed by atoms with van der Waals surface area (Å²) in [5, 5.41) is 14.6. The standard InChI is InChI=1S/C17H23F3N2O2/c1-12(13-3-2-4-14(9-13)17(18,19)20)5-8-21-15(24)22-10-16(11-23)6-7-16/h2-4,9,12,23H,5-8,10-11H2,1H3,(H2,21,22,24). The summed E-state index contributed by atoms with van der Waals surface area (Å²) in [7, 11) is 0. The summed E-state index contributed by atoms with van der Waals surface area (Å²) in [5.41, 5.74) is -0.205. The van der Waals surface area contributed by atoms with Crippen LogP contribution in [0.25, 0.3) is 0 Å². The van der Waals surface area contributed by atoms with Gasteiger partial charge in [0.2, 0.25) is 0 Å². The number of alkyl halides is 3. The number of hydrogen-bond acceptors (Lipinski definition) is 2. The molecule has 24 heavy (non-hydrogen) atoms. The van der Waals surface area contributed by atoms with E-state index in [4.69, 9.17) is 0 Å². The molecule has 1 unspecified atom stereocenters. The van der Waals surface area contributed by atoms with Crippen LogP contribution in [0.15, 0.2) is 24.3 Å². The molecule has 1 saturated carbocycles. The van der Waals surface area contributed by atoms with Gasteiger partial charge in [-0.3, -0.25) is 0 Å². The van der Waals surface area contributed by atoms with E-state index in [2.05, 4.69) is 10.6 Å². The predicted octanol–water partition coefficient (Wildman–Crippen LogP) is 3.27. The van der Waals surface area contributed by atoms with Crippen LogP contribution in [0.1, 0.15) is 43.2 Å². The van der Waals surface area contributed by atoms with Gasteiger partial charge in [0.05, 0.1) is 12.2 Å². The molecule has 0 aromatic heterocycles. The zero-order valence-corrected chi connectivity index (χ0v) is 13.6. The van der Waals surface area contributed by atoms with Crippen molar-refractivity contribution in [1.29, 1.82) is 0 Å². The lowest BCUT2D eigenvalue weighted by Gasteiger charge is -2.16. The summed E-state index contributed by atoms with van der Waals surface area (Å²) >= 11 is 0. The first kappa shape index (κ1) is 18.6. The number of rotatable bonds is 7. The molecule has 0 saturated heterocycles. The van der Waals surface area contributed by atoms with Crippen molar-refractivity contribution < 1.29 is 23.1 Å². The fourth-order valence-corrected chi connectivity index (χ4v) is 2.49. The quantitative estimate of drug-likeness (QED) is 0.711. The Hall–Kier alpha value is -1.76. The van der Waals surface area contributed by atoms with E-state index in [1.54, 1.807) is 6.07 Å². The second kappa shape index (κ2) is 7.42. The maximum absolute atomic E-state index is 12.7. The number of carbonyl (C=O) groups is 1. The molecule has 0 spiro atoms. The molecule has 1 fully saturated rings. The number of nitrogens with one attached hydrogen (secondary N) is 2. The Morgan fingerprint density at radius 1 is 1.33 bits per heavy atom. The molecular formula is C17H23F3N2O2. The number of carbonyl (C=O) groups excluding carboxylic acids is 1. The zero-order valence-electron chi connectivity index (χ0n) is 13.6. The van der Waals surface area contributed by atoms with E-state index in [1.807, 2.05) is 6.92 Å². The normalized spacial score (nSPS) is 17.2. The highest BCUT2D eigenvalue weighted by atomic mass is 19.4. The Morgan fingerprint density at radius 2 is 2.04 bits per heavy atom. The lowest BCUT2D eigenvalue weighted by Crippen LogP contribution is -2.40. The van der Waals surface area contributed by atoms with Crippen molar-refractivity contribution in [3.8, 4) is 0 Å². The second-order valence-electron chi connectivity index (χ2n) is 6.58. The molecule has 0 aliphatic heterocycles. The molecule has 7 heteroatoms. The highest BCUT2D eigenvalue weighted by Gasteiger charge is 2.42. The van der Waals surface area contributed by atoms with E-state index in [9.17, 15) is 23.1 Å². The molecule has 0 radical (unpaired) electrons. The molecule has 2 amide bonds. The molecule has 1 aromatic rings. The number of amides is 2. The van der Waals surface area contributed by atoms with Crippen LogP contribution < -0.4 is 10.6 Å². The van der Waals surface area contributed by atoms with Crippen LogP contribution in [0.4, 0.5) is 18.0 Å². The van der Waals surface area contributed by atoms with Crippen molar-refractivity contribution in [3.05, 3.63) is 35.4 Å². The average molecular weight is 344 g/mol. The molecule has 3 N–H and O–H groups in total. The van der Waals surface area contributed by atoms with Gasteiger partial charge in [-0.2, -0.15) is 13.2 Å². The monoisotopic (exact) mass is 344 g/mol. The predicted molar refractivity (Wildman–Crippen MR) is 84.6 cm³/mol. The van der Waals surface area contributed by atoms with Gasteiger partial charge in [0.1, 0.15) is 0 Å². The Kier molecular flexibility index (Phi) is 5.74. The number of aliphatic hydroxyl groups is 1. The minimum Gasteiger partial charge on any atom is -0.396 e. The number of aliphatic hydroxyl groups excluding tert-OH is 1. The highest BCUT2D eigenvalue weighted by molar-refractivity contribution is 5.73. The molecule has 1 atom stereocenters. The van der Waals surface area contributed by atoms with Crippen molar-refractivity contribution in [3.63, 3.8) is 0 Å². The van der Waals surface area contributed by atoms with Crippen LogP contribution in [-0.2, 0) is 6.18 Å². The van der Waals surface area contributed by atoms with Crippen LogP contribution >= 0.6 is 0 Å². The van der Waals surface area contributed by atoms with Gasteiger partial charge in [-0.15, -0.1) is 0 Å². The maximum Gasteiger partial charge on any atom is 0.416 e. The Bertz CT molecular complexity index is 571. The van der Waals surface area contributed by atoms with E-state index in [1.165, 1.54) is 6.07 Å². The van der Waals surface area contributed by atoms with Crippen LogP contribution in [0.2, 0.25) is 0 Å². The molecule has 134 valence electrons. The minimum atomic E-state index is -4.35. The smallest absolute Gasteiger partial charge is 0.396 e. The van der Waals surface area contributed by atoms with Gasteiger partial charge in [-0.1, -0.05) is 25.1 Å². The lowest BCUT2D eigenvalue weighted by atomic mass is 9.96. The Balaban J connectivity index is 1.75. The van der Waals surface area contributed by atoms with Crippen molar-refractivity contribution in [2.45, 2.75) is 38.3 Å². The first-order chi connectivity index (χ1) is 11.3. The fraction of sp³-hybridized carbons (Fsp3) is 0.588. The van der Waals surface area contributed by atoms with Gasteiger partial charge in [-0.25, -0.2) is 4.79 Å². The highest BCUT2D eigenvalue weighted by Crippen LogP contribution is 2.44. The molecule has 0 heterocycles. The average Bonchev–Trinajstić information content (AvgIpc) is 3.33. The van der Waals surface area contributed by atoms with Crippen molar-refractivity contribution >= 4 is 6.03 Å². The minimum absolute atomic E-state index is 0.0693. The first-order valence-electron chi connectivity index (χ1n) is 8.05. The van der Waals surface area contributed by atoms with Gasteiger partial charge in [0, 0.05) is 18.5 Å². The van der Waals surface area contributed by atoms with Crippen molar-refractivity contribution in [1.82, 2.24) is 10.6 Å². The Labute approximate surface area is 139 Å². The Morgan fingerprint density at radius 3 is 2.62 bits per heavy atom. The van der Waals surface area contributed by atoms with Gasteiger partial charge in [-0.05, 0) is 36.8 Å². The third kappa shape index (κ3) is 5.12. The van der Waals surface area contributed by atoms with Crippen LogP contribution in [0.3, 0.4) is 0 Å². The number of urea groups is 1.